The SMILES string of the molecule is CCC1(C)OC(C)CC1(O)C(=O)OC. The zero-order chi connectivity index (χ0) is 11.0. The van der Waals surface area contributed by atoms with E-state index in [4.69, 9.17) is 4.74 Å². The second kappa shape index (κ2) is 3.51. The molecule has 1 aliphatic rings. The zero-order valence-corrected chi connectivity index (χ0v) is 9.16. The maximum absolute atomic E-state index is 11.5. The van der Waals surface area contributed by atoms with Crippen molar-refractivity contribution >= 4 is 5.97 Å². The van der Waals surface area contributed by atoms with Crippen molar-refractivity contribution in [1.29, 1.82) is 0 Å². The molecule has 1 aliphatic heterocycles. The summed E-state index contributed by atoms with van der Waals surface area (Å²) in [4.78, 5) is 11.5. The first-order valence-electron chi connectivity index (χ1n) is 4.88. The smallest absolute Gasteiger partial charge is 0.341 e. The van der Waals surface area contributed by atoms with Gasteiger partial charge in [0.2, 0.25) is 0 Å². The van der Waals surface area contributed by atoms with E-state index in [1.807, 2.05) is 13.8 Å². The second-order valence-corrected chi connectivity index (χ2v) is 4.07. The van der Waals surface area contributed by atoms with Gasteiger partial charge >= 0.3 is 5.97 Å². The third-order valence-corrected chi connectivity index (χ3v) is 3.12. The highest BCUT2D eigenvalue weighted by atomic mass is 16.6. The number of esters is 1. The molecule has 1 saturated heterocycles. The van der Waals surface area contributed by atoms with Gasteiger partial charge in [-0.3, -0.25) is 0 Å². The summed E-state index contributed by atoms with van der Waals surface area (Å²) >= 11 is 0. The molecule has 0 aromatic heterocycles. The molecule has 0 bridgehead atoms. The van der Waals surface area contributed by atoms with E-state index in [0.717, 1.165) is 0 Å². The molecule has 0 spiro atoms. The van der Waals surface area contributed by atoms with Gasteiger partial charge in [-0.2, -0.15) is 0 Å². The molecule has 1 N–H and O–H groups in total. The first-order valence-corrected chi connectivity index (χ1v) is 4.88. The van der Waals surface area contributed by atoms with Crippen molar-refractivity contribution in [2.45, 2.75) is 50.9 Å². The minimum atomic E-state index is -1.50. The summed E-state index contributed by atoms with van der Waals surface area (Å²) in [6.07, 6.45) is 0.747. The Morgan fingerprint density at radius 3 is 2.71 bits per heavy atom. The van der Waals surface area contributed by atoms with E-state index in [9.17, 15) is 9.90 Å². The van der Waals surface area contributed by atoms with E-state index < -0.39 is 17.2 Å². The predicted molar refractivity (Wildman–Crippen MR) is 50.8 cm³/mol. The van der Waals surface area contributed by atoms with E-state index in [2.05, 4.69) is 4.74 Å². The number of hydrogen-bond donors (Lipinski definition) is 1. The zero-order valence-electron chi connectivity index (χ0n) is 9.16. The fourth-order valence-electron chi connectivity index (χ4n) is 2.06. The number of ether oxygens (including phenoxy) is 2. The van der Waals surface area contributed by atoms with Crippen LogP contribution in [0, 0.1) is 0 Å². The van der Waals surface area contributed by atoms with Gasteiger partial charge < -0.3 is 14.6 Å². The molecular formula is C10H18O4. The summed E-state index contributed by atoms with van der Waals surface area (Å²) in [5.74, 6) is -0.605. The van der Waals surface area contributed by atoms with E-state index in [1.165, 1.54) is 7.11 Å². The van der Waals surface area contributed by atoms with Gasteiger partial charge in [0, 0.05) is 6.42 Å². The van der Waals surface area contributed by atoms with Crippen LogP contribution in [-0.4, -0.2) is 35.5 Å². The number of rotatable bonds is 2. The Kier molecular flexibility index (Phi) is 2.88. The average molecular weight is 202 g/mol. The fourth-order valence-corrected chi connectivity index (χ4v) is 2.06. The van der Waals surface area contributed by atoms with Crippen molar-refractivity contribution in [3.63, 3.8) is 0 Å². The molecule has 0 aromatic carbocycles. The molecule has 0 radical (unpaired) electrons. The minimum Gasteiger partial charge on any atom is -0.467 e. The van der Waals surface area contributed by atoms with Gasteiger partial charge in [0.15, 0.2) is 5.60 Å². The Balaban J connectivity index is 3.01. The first-order chi connectivity index (χ1) is 6.39. The Morgan fingerprint density at radius 1 is 1.71 bits per heavy atom. The predicted octanol–water partition coefficient (Wildman–Crippen LogP) is 0.868. The summed E-state index contributed by atoms with van der Waals surface area (Å²) in [6.45, 7) is 5.47. The summed E-state index contributed by atoms with van der Waals surface area (Å²) in [6, 6.07) is 0. The quantitative estimate of drug-likeness (QED) is 0.675. The Morgan fingerprint density at radius 2 is 2.29 bits per heavy atom. The lowest BCUT2D eigenvalue weighted by Gasteiger charge is -2.34. The molecule has 0 amide bonds. The first kappa shape index (κ1) is 11.5. The van der Waals surface area contributed by atoms with Crippen LogP contribution in [0.3, 0.4) is 0 Å². The molecule has 82 valence electrons. The van der Waals surface area contributed by atoms with Crippen molar-refractivity contribution < 1.29 is 19.4 Å². The van der Waals surface area contributed by atoms with E-state index >= 15 is 0 Å². The number of carbonyl (C=O) groups is 1. The highest BCUT2D eigenvalue weighted by Crippen LogP contribution is 2.42. The van der Waals surface area contributed by atoms with Gasteiger partial charge in [-0.05, 0) is 20.3 Å². The van der Waals surface area contributed by atoms with Gasteiger partial charge in [-0.15, -0.1) is 0 Å². The molecular weight excluding hydrogens is 184 g/mol. The molecule has 1 fully saturated rings. The van der Waals surface area contributed by atoms with Gasteiger partial charge in [0.1, 0.15) is 5.60 Å². The average Bonchev–Trinajstić information content (AvgIpc) is 2.37. The lowest BCUT2D eigenvalue weighted by molar-refractivity contribution is -0.181. The van der Waals surface area contributed by atoms with Crippen molar-refractivity contribution in [2.75, 3.05) is 7.11 Å². The van der Waals surface area contributed by atoms with Crippen molar-refractivity contribution in [3.8, 4) is 0 Å². The van der Waals surface area contributed by atoms with E-state index in [-0.39, 0.29) is 6.10 Å². The van der Waals surface area contributed by atoms with E-state index in [0.29, 0.717) is 12.8 Å². The van der Waals surface area contributed by atoms with Gasteiger partial charge in [-0.1, -0.05) is 6.92 Å². The number of carbonyl (C=O) groups excluding carboxylic acids is 1. The molecule has 3 atom stereocenters. The molecule has 1 rings (SSSR count). The molecule has 0 aliphatic carbocycles. The largest absolute Gasteiger partial charge is 0.467 e. The topological polar surface area (TPSA) is 55.8 Å². The number of aliphatic hydroxyl groups is 1. The fraction of sp³-hybridized carbons (Fsp3) is 0.900. The number of hydrogen-bond acceptors (Lipinski definition) is 4. The summed E-state index contributed by atoms with van der Waals surface area (Å²) in [5, 5.41) is 10.2. The molecule has 4 heteroatoms. The lowest BCUT2D eigenvalue weighted by Crippen LogP contribution is -2.54. The second-order valence-electron chi connectivity index (χ2n) is 4.07. The molecule has 14 heavy (non-hydrogen) atoms. The normalized spacial score (nSPS) is 42.5. The van der Waals surface area contributed by atoms with Gasteiger partial charge in [-0.25, -0.2) is 4.79 Å². The van der Waals surface area contributed by atoms with Gasteiger partial charge in [0.05, 0.1) is 13.2 Å². The highest BCUT2D eigenvalue weighted by molar-refractivity contribution is 5.81. The standard InChI is InChI=1S/C10H18O4/c1-5-9(3)10(12,8(11)13-4)6-7(2)14-9/h7,12H,5-6H2,1-4H3. The van der Waals surface area contributed by atoms with Crippen LogP contribution in [0.2, 0.25) is 0 Å². The molecule has 0 saturated carbocycles. The number of methoxy groups -OCH3 is 1. The van der Waals surface area contributed by atoms with Crippen molar-refractivity contribution in [1.82, 2.24) is 0 Å². The third-order valence-electron chi connectivity index (χ3n) is 3.12. The Hall–Kier alpha value is -0.610. The summed E-state index contributed by atoms with van der Waals surface area (Å²) < 4.78 is 10.2. The van der Waals surface area contributed by atoms with Crippen LogP contribution in [0.1, 0.15) is 33.6 Å². The summed E-state index contributed by atoms with van der Waals surface area (Å²) in [5.41, 5.74) is -2.34. The van der Waals surface area contributed by atoms with Crippen LogP contribution in [-0.2, 0) is 14.3 Å². The van der Waals surface area contributed by atoms with Crippen LogP contribution in [0.25, 0.3) is 0 Å². The summed E-state index contributed by atoms with van der Waals surface area (Å²) in [7, 11) is 1.28. The minimum absolute atomic E-state index is 0.121. The monoisotopic (exact) mass is 202 g/mol. The van der Waals surface area contributed by atoms with Crippen LogP contribution in [0.4, 0.5) is 0 Å². The van der Waals surface area contributed by atoms with Crippen LogP contribution < -0.4 is 0 Å². The molecule has 3 unspecified atom stereocenters. The maximum Gasteiger partial charge on any atom is 0.341 e. The van der Waals surface area contributed by atoms with Crippen LogP contribution >= 0.6 is 0 Å². The Bertz CT molecular complexity index is 240. The Labute approximate surface area is 84.2 Å². The van der Waals surface area contributed by atoms with E-state index in [1.54, 1.807) is 6.92 Å². The van der Waals surface area contributed by atoms with Crippen LogP contribution in [0.15, 0.2) is 0 Å². The highest BCUT2D eigenvalue weighted by Gasteiger charge is 2.59. The lowest BCUT2D eigenvalue weighted by atomic mass is 9.81. The maximum atomic E-state index is 11.5. The molecule has 1 heterocycles. The molecule has 0 aromatic rings. The van der Waals surface area contributed by atoms with Gasteiger partial charge in [0.25, 0.3) is 0 Å². The third kappa shape index (κ3) is 1.42. The van der Waals surface area contributed by atoms with Crippen molar-refractivity contribution in [2.24, 2.45) is 0 Å². The molecule has 4 nitrogen and oxygen atoms in total. The van der Waals surface area contributed by atoms with Crippen LogP contribution in [0.5, 0.6) is 0 Å². The van der Waals surface area contributed by atoms with Crippen molar-refractivity contribution in [3.05, 3.63) is 0 Å².